The van der Waals surface area contributed by atoms with Gasteiger partial charge in [0.2, 0.25) is 0 Å². The Kier molecular flexibility index (Phi) is 2.76. The molecule has 0 unspecified atom stereocenters. The van der Waals surface area contributed by atoms with Crippen LogP contribution in [-0.4, -0.2) is 0 Å². The van der Waals surface area contributed by atoms with Crippen LogP contribution in [0.3, 0.4) is 0 Å². The van der Waals surface area contributed by atoms with Crippen molar-refractivity contribution in [2.45, 2.75) is 19.1 Å². The molecule has 2 nitrogen and oxygen atoms in total. The van der Waals surface area contributed by atoms with E-state index >= 15 is 0 Å². The summed E-state index contributed by atoms with van der Waals surface area (Å²) in [5, 5.41) is -2.95. The Bertz CT molecular complexity index is 4900. The van der Waals surface area contributed by atoms with Crippen LogP contribution in [0.25, 0.3) is 78.2 Å². The van der Waals surface area contributed by atoms with Crippen LogP contribution in [-0.2, 0) is 5.41 Å². The summed E-state index contributed by atoms with van der Waals surface area (Å²) in [6.45, 7) is -7.44. The van der Waals surface area contributed by atoms with Crippen LogP contribution in [0.5, 0.6) is 0 Å². The van der Waals surface area contributed by atoms with Gasteiger partial charge in [-0.1, -0.05) is 148 Å². The monoisotopic (exact) mass is 743 g/mol. The summed E-state index contributed by atoms with van der Waals surface area (Å²) in [6.07, 6.45) is 0. The molecule has 1 heterocycles. The third-order valence-electron chi connectivity index (χ3n) is 8.73. The summed E-state index contributed by atoms with van der Waals surface area (Å²) in [5.41, 5.74) is -19.6. The molecule has 262 valence electrons. The van der Waals surface area contributed by atoms with E-state index in [2.05, 4.69) is 0 Å². The third kappa shape index (κ3) is 5.17. The van der Waals surface area contributed by atoms with E-state index in [1.165, 1.54) is 0 Å². The summed E-state index contributed by atoms with van der Waals surface area (Å²) < 4.78 is 341. The third-order valence-corrected chi connectivity index (χ3v) is 8.73. The van der Waals surface area contributed by atoms with E-state index in [-0.39, 0.29) is 4.90 Å². The van der Waals surface area contributed by atoms with Crippen molar-refractivity contribution in [2.75, 3.05) is 4.90 Å². The summed E-state index contributed by atoms with van der Waals surface area (Å²) in [4.78, 5) is 0.164. The first kappa shape index (κ1) is 12.1. The predicted octanol–water partition coefficient (Wildman–Crippen LogP) is 15.1. The molecule has 1 aliphatic carbocycles. The average molecular weight is 743 g/mol. The van der Waals surface area contributed by atoms with E-state index in [9.17, 15) is 16.4 Å². The lowest BCUT2D eigenvalue weighted by Crippen LogP contribution is -2.16. The number of nitrogens with zero attached hydrogens (tertiary/aromatic N) is 1. The van der Waals surface area contributed by atoms with Gasteiger partial charge in [0.1, 0.15) is 11.2 Å². The Hall–Kier alpha value is -6.90. The largest absolute Gasteiger partial charge is 0.455 e. The predicted molar refractivity (Wildman–Crippen MR) is 235 cm³/mol. The van der Waals surface area contributed by atoms with Crippen molar-refractivity contribution in [3.05, 3.63) is 199 Å². The van der Waals surface area contributed by atoms with E-state index in [0.29, 0.717) is 13.1 Å². The van der Waals surface area contributed by atoms with Gasteiger partial charge in [-0.05, 0) is 109 Å². The number of furan rings is 1. The highest BCUT2D eigenvalue weighted by Gasteiger charge is 2.35. The topological polar surface area (TPSA) is 16.4 Å². The first-order chi connectivity index (χ1) is 42.5. The summed E-state index contributed by atoms with van der Waals surface area (Å²) in [5.74, 6) is 0. The SMILES string of the molecule is [2H]C=C([2H])c1c(-c2c([2H])c([2H])c([2H])c([2H])c2[2H])c([2H])c2c(oc3c([2H])c(N(c4c([2H])c([2H])c(-c5c([2H])c([2H])c6c([2H])c([2H])c([2H])c([2H])c6c5[2H])c([2H])c4[2H])c4c([2H])c([2H])c5c(c4[2H])C(C([2H])([2H])[2H])(C([2H])([2H])[2H])c4c([2H])c([2H])c([2H])c([2H])c4-5)c([2H])c([2H])c32)c1C([2H])=C[2H]. The molecule has 0 fully saturated rings. The Morgan fingerprint density at radius 3 is 2.09 bits per heavy atom. The van der Waals surface area contributed by atoms with Gasteiger partial charge in [-0.15, -0.1) is 0 Å². The van der Waals surface area contributed by atoms with Gasteiger partial charge in [-0.2, -0.15) is 0 Å². The minimum atomic E-state index is -4.07. The molecule has 0 spiro atoms. The quantitative estimate of drug-likeness (QED) is 0.162. The van der Waals surface area contributed by atoms with Gasteiger partial charge >= 0.3 is 0 Å². The number of anilines is 3. The van der Waals surface area contributed by atoms with Crippen molar-refractivity contribution in [2.24, 2.45) is 0 Å². The fourth-order valence-corrected chi connectivity index (χ4v) is 6.24. The van der Waals surface area contributed by atoms with Gasteiger partial charge in [0.15, 0.2) is 0 Å². The molecule has 9 aromatic rings. The van der Waals surface area contributed by atoms with Crippen molar-refractivity contribution in [3.8, 4) is 33.4 Å². The first-order valence-corrected chi connectivity index (χ1v) is 15.9. The Morgan fingerprint density at radius 1 is 0.564 bits per heavy atom. The van der Waals surface area contributed by atoms with E-state index in [1.807, 2.05) is 0 Å². The first-order valence-electron chi connectivity index (χ1n) is 34.6. The zero-order valence-corrected chi connectivity index (χ0v) is 27.5. The highest BCUT2D eigenvalue weighted by Crippen LogP contribution is 2.51. The zero-order chi connectivity index (χ0) is 68.9. The molecular weight excluding hydrogens is 667 g/mol. The standard InChI is InChI=1S/C53H39NO/c1-5-42-43(6-2)52-48(33-47(42)36-15-8-7-9-16-36)46-29-27-41(32-51(46)55-52)54(40-26-28-45-44-18-12-13-19-49(44)53(3,4)50(45)31-40)39-24-22-35(23-25-39)38-21-20-34-14-10-11-17-37(34)30-38/h5-33H,1-2H2,3-4H3/i1D,2D,3D3,4D3,5D,6D,7D,8D,9D,10D,11D,12D,13D,14D,15D,16D,17D,18D,19D,20D,21D,22D,23D,24D,25D,26D,27D,28D,29D,30D,31D,32D,33D. The fraction of sp³-hybridized carbons (Fsp3) is 0.0566. The molecule has 0 radical (unpaired) electrons. The molecule has 0 saturated carbocycles. The second-order valence-corrected chi connectivity index (χ2v) is 11.8. The van der Waals surface area contributed by atoms with Crippen molar-refractivity contribution in [1.82, 2.24) is 0 Å². The van der Waals surface area contributed by atoms with Gasteiger partial charge < -0.3 is 9.32 Å². The molecule has 0 atom stereocenters. The highest BCUT2D eigenvalue weighted by atomic mass is 16.3. The smallest absolute Gasteiger partial charge is 0.143 e. The highest BCUT2D eigenvalue weighted by molar-refractivity contribution is 6.11. The molecule has 0 bridgehead atoms. The maximum atomic E-state index is 10.1. The van der Waals surface area contributed by atoms with Crippen LogP contribution >= 0.6 is 0 Å². The van der Waals surface area contributed by atoms with Crippen molar-refractivity contribution < 1.29 is 55.1 Å². The number of hydrogen-bond acceptors (Lipinski definition) is 2. The summed E-state index contributed by atoms with van der Waals surface area (Å²) in [7, 11) is 0. The van der Waals surface area contributed by atoms with Crippen molar-refractivity contribution >= 4 is 61.9 Å². The Balaban J connectivity index is 1.46. The van der Waals surface area contributed by atoms with E-state index in [1.54, 1.807) is 0 Å². The molecule has 0 saturated heterocycles. The maximum absolute atomic E-state index is 10.1. The van der Waals surface area contributed by atoms with Gasteiger partial charge in [0, 0.05) is 53.1 Å². The van der Waals surface area contributed by atoms with E-state index in [0.717, 1.165) is 0 Å². The van der Waals surface area contributed by atoms with Crippen molar-refractivity contribution in [1.29, 1.82) is 0 Å². The maximum Gasteiger partial charge on any atom is 0.143 e. The van der Waals surface area contributed by atoms with E-state index in [4.69, 9.17) is 38.7 Å². The lowest BCUT2D eigenvalue weighted by Gasteiger charge is -2.28. The molecule has 0 N–H and O–H groups in total. The van der Waals surface area contributed by atoms with Gasteiger partial charge in [-0.25, -0.2) is 0 Å². The van der Waals surface area contributed by atoms with Gasteiger partial charge in [0.25, 0.3) is 0 Å². The van der Waals surface area contributed by atoms with Crippen molar-refractivity contribution in [3.63, 3.8) is 0 Å². The van der Waals surface area contributed by atoms with Crippen LogP contribution in [0.15, 0.2) is 181 Å². The second-order valence-electron chi connectivity index (χ2n) is 11.8. The number of hydrogen-bond donors (Lipinski definition) is 0. The molecule has 1 aliphatic rings. The lowest BCUT2D eigenvalue weighted by molar-refractivity contribution is 0.660. The number of benzene rings is 8. The number of fused-ring (bicyclic) bond motifs is 7. The van der Waals surface area contributed by atoms with Crippen LogP contribution in [0.1, 0.15) is 86.7 Å². The molecule has 0 aliphatic heterocycles. The van der Waals surface area contributed by atoms with Crippen LogP contribution in [0, 0.1) is 0 Å². The number of rotatable bonds is 7. The molecule has 55 heavy (non-hydrogen) atoms. The summed E-state index contributed by atoms with van der Waals surface area (Å²) in [6, 6.07) is -33.2. The minimum Gasteiger partial charge on any atom is -0.455 e. The van der Waals surface area contributed by atoms with Crippen LogP contribution < -0.4 is 4.90 Å². The zero-order valence-electron chi connectivity index (χ0n) is 64.5. The van der Waals surface area contributed by atoms with Crippen LogP contribution in [0.2, 0.25) is 0 Å². The Morgan fingerprint density at radius 2 is 1.25 bits per heavy atom. The van der Waals surface area contributed by atoms with E-state index < -0.39 is 300 Å². The minimum absolute atomic E-state index is 0.164. The van der Waals surface area contributed by atoms with Gasteiger partial charge in [0.05, 0.1) is 42.5 Å². The average Bonchev–Trinajstić information content (AvgIpc) is 1.49. The normalized spacial score (nSPS) is 23.6. The molecular formula is C53H39NO. The molecule has 0 amide bonds. The second kappa shape index (κ2) is 12.6. The van der Waals surface area contributed by atoms with Gasteiger partial charge in [-0.3, -0.25) is 0 Å². The van der Waals surface area contributed by atoms with Crippen LogP contribution in [0.4, 0.5) is 17.1 Å². The molecule has 1 aromatic heterocycles. The molecule has 10 rings (SSSR count). The lowest BCUT2D eigenvalue weighted by atomic mass is 9.82. The molecule has 2 heteroatoms. The Labute approximate surface area is 373 Å². The summed E-state index contributed by atoms with van der Waals surface area (Å²) >= 11 is 0. The fourth-order valence-electron chi connectivity index (χ4n) is 6.24. The molecule has 8 aromatic carbocycles.